The normalized spacial score (nSPS) is 19.0. The smallest absolute Gasteiger partial charge is 0.280 e. The summed E-state index contributed by atoms with van der Waals surface area (Å²) in [4.78, 5) is 35.8. The van der Waals surface area contributed by atoms with Gasteiger partial charge in [0.05, 0.1) is 17.2 Å². The zero-order valence-corrected chi connectivity index (χ0v) is 21.0. The molecule has 1 aliphatic carbocycles. The lowest BCUT2D eigenvalue weighted by atomic mass is 10.1. The molecule has 0 radical (unpaired) electrons. The molecule has 1 aliphatic heterocycles. The van der Waals surface area contributed by atoms with Crippen LogP contribution in [0, 0.1) is 0 Å². The van der Waals surface area contributed by atoms with Crippen LogP contribution in [-0.4, -0.2) is 62.5 Å². The third-order valence-corrected chi connectivity index (χ3v) is 7.87. The summed E-state index contributed by atoms with van der Waals surface area (Å²) in [6.45, 7) is 1.14. The van der Waals surface area contributed by atoms with E-state index >= 15 is 0 Å². The van der Waals surface area contributed by atoms with E-state index in [9.17, 15) is 18.0 Å². The van der Waals surface area contributed by atoms with Gasteiger partial charge in [0.1, 0.15) is 11.0 Å². The SMILES string of the molecule is CS(=O)(=O)c1ccc(C(=NOC2CCCC2)C(=O)Nc2ncc(C(=O)NCC3CCCO3)s2)cc1. The van der Waals surface area contributed by atoms with E-state index in [1.165, 1.54) is 30.5 Å². The Morgan fingerprint density at radius 2 is 1.91 bits per heavy atom. The first kappa shape index (κ1) is 25.3. The van der Waals surface area contributed by atoms with Crippen LogP contribution in [0.15, 0.2) is 40.5 Å². The van der Waals surface area contributed by atoms with E-state index < -0.39 is 15.7 Å². The van der Waals surface area contributed by atoms with Gasteiger partial charge in [-0.15, -0.1) is 0 Å². The standard InChI is InChI=1S/C23H28N4O6S2/c1-35(30,31)18-10-8-15(9-11-18)20(27-33-16-5-2-3-6-16)22(29)26-23-25-14-19(34-23)21(28)24-13-17-7-4-12-32-17/h8-11,14,16-17H,2-7,12-13H2,1H3,(H,24,28)(H,25,26,29). The molecule has 12 heteroatoms. The summed E-state index contributed by atoms with van der Waals surface area (Å²) in [7, 11) is -3.38. The Labute approximate surface area is 208 Å². The summed E-state index contributed by atoms with van der Waals surface area (Å²) in [6.07, 6.45) is 8.20. The quantitative estimate of drug-likeness (QED) is 0.383. The van der Waals surface area contributed by atoms with Gasteiger partial charge in [0, 0.05) is 25.0 Å². The van der Waals surface area contributed by atoms with E-state index in [1.807, 2.05) is 0 Å². The molecule has 0 bridgehead atoms. The third kappa shape index (κ3) is 6.86. The maximum absolute atomic E-state index is 13.1. The fourth-order valence-corrected chi connectivity index (χ4v) is 5.26. The molecule has 1 unspecified atom stereocenters. The van der Waals surface area contributed by atoms with E-state index in [4.69, 9.17) is 9.57 Å². The Morgan fingerprint density at radius 3 is 2.57 bits per heavy atom. The summed E-state index contributed by atoms with van der Waals surface area (Å²) < 4.78 is 29.1. The molecular weight excluding hydrogens is 492 g/mol. The largest absolute Gasteiger partial charge is 0.392 e. The van der Waals surface area contributed by atoms with Crippen molar-refractivity contribution in [3.63, 3.8) is 0 Å². The second-order valence-electron chi connectivity index (χ2n) is 8.58. The zero-order chi connectivity index (χ0) is 24.8. The van der Waals surface area contributed by atoms with Crippen LogP contribution in [0.2, 0.25) is 0 Å². The number of hydrogen-bond donors (Lipinski definition) is 2. The molecule has 10 nitrogen and oxygen atoms in total. The molecule has 2 aromatic rings. The molecule has 2 aliphatic rings. The number of carbonyl (C=O) groups excluding carboxylic acids is 2. The highest BCUT2D eigenvalue weighted by Crippen LogP contribution is 2.23. The maximum Gasteiger partial charge on any atom is 0.280 e. The fourth-order valence-electron chi connectivity index (χ4n) is 3.90. The Balaban J connectivity index is 1.46. The van der Waals surface area contributed by atoms with Crippen LogP contribution < -0.4 is 10.6 Å². The minimum atomic E-state index is -3.38. The van der Waals surface area contributed by atoms with Gasteiger partial charge in [0.2, 0.25) is 0 Å². The first-order valence-electron chi connectivity index (χ1n) is 11.5. The predicted octanol–water partition coefficient (Wildman–Crippen LogP) is 2.76. The van der Waals surface area contributed by atoms with Gasteiger partial charge in [-0.1, -0.05) is 28.6 Å². The molecule has 1 saturated carbocycles. The zero-order valence-electron chi connectivity index (χ0n) is 19.4. The van der Waals surface area contributed by atoms with Crippen molar-refractivity contribution >= 4 is 43.8 Å². The second-order valence-corrected chi connectivity index (χ2v) is 11.6. The molecule has 2 N–H and O–H groups in total. The van der Waals surface area contributed by atoms with E-state index in [0.29, 0.717) is 23.6 Å². The molecule has 1 aromatic carbocycles. The molecular formula is C23H28N4O6S2. The van der Waals surface area contributed by atoms with Crippen molar-refractivity contribution in [2.24, 2.45) is 5.16 Å². The minimum absolute atomic E-state index is 0.00321. The topological polar surface area (TPSA) is 136 Å². The van der Waals surface area contributed by atoms with Gasteiger partial charge in [-0.05, 0) is 50.7 Å². The average Bonchev–Trinajstić information content (AvgIpc) is 3.60. The molecule has 2 heterocycles. The molecule has 1 saturated heterocycles. The monoisotopic (exact) mass is 520 g/mol. The lowest BCUT2D eigenvalue weighted by Crippen LogP contribution is -2.31. The predicted molar refractivity (Wildman–Crippen MR) is 131 cm³/mol. The summed E-state index contributed by atoms with van der Waals surface area (Å²) in [6, 6.07) is 5.86. The number of aromatic nitrogens is 1. The van der Waals surface area contributed by atoms with Crippen molar-refractivity contribution in [3.05, 3.63) is 40.9 Å². The molecule has 2 fully saturated rings. The average molecular weight is 521 g/mol. The van der Waals surface area contributed by atoms with Gasteiger partial charge in [-0.3, -0.25) is 14.9 Å². The molecule has 35 heavy (non-hydrogen) atoms. The number of carbonyl (C=O) groups is 2. The van der Waals surface area contributed by atoms with Crippen LogP contribution in [0.1, 0.15) is 53.8 Å². The van der Waals surface area contributed by atoms with Crippen LogP contribution in [0.25, 0.3) is 0 Å². The minimum Gasteiger partial charge on any atom is -0.392 e. The number of ether oxygens (including phenoxy) is 1. The van der Waals surface area contributed by atoms with Crippen LogP contribution in [0.3, 0.4) is 0 Å². The van der Waals surface area contributed by atoms with Gasteiger partial charge < -0.3 is 14.9 Å². The van der Waals surface area contributed by atoms with Crippen LogP contribution >= 0.6 is 11.3 Å². The first-order valence-corrected chi connectivity index (χ1v) is 14.2. The van der Waals surface area contributed by atoms with Crippen molar-refractivity contribution in [1.29, 1.82) is 0 Å². The van der Waals surface area contributed by atoms with Gasteiger partial charge in [-0.2, -0.15) is 0 Å². The number of nitrogens with one attached hydrogen (secondary N) is 2. The molecule has 1 atom stereocenters. The Hall–Kier alpha value is -2.83. The second kappa shape index (κ2) is 11.3. The molecule has 0 spiro atoms. The first-order chi connectivity index (χ1) is 16.8. The number of amides is 2. The Kier molecular flexibility index (Phi) is 8.14. The number of anilines is 1. The van der Waals surface area contributed by atoms with E-state index in [0.717, 1.165) is 56.1 Å². The molecule has 4 rings (SSSR count). The molecule has 188 valence electrons. The van der Waals surface area contributed by atoms with E-state index in [2.05, 4.69) is 20.8 Å². The summed E-state index contributed by atoms with van der Waals surface area (Å²) in [5.74, 6) is -0.857. The summed E-state index contributed by atoms with van der Waals surface area (Å²) in [5, 5.41) is 9.85. The number of nitrogens with zero attached hydrogens (tertiary/aromatic N) is 2. The molecule has 2 amide bonds. The van der Waals surface area contributed by atoms with E-state index in [1.54, 1.807) is 0 Å². The highest BCUT2D eigenvalue weighted by molar-refractivity contribution is 7.90. The fraction of sp³-hybridized carbons (Fsp3) is 0.478. The van der Waals surface area contributed by atoms with Crippen molar-refractivity contribution < 1.29 is 27.6 Å². The van der Waals surface area contributed by atoms with Gasteiger partial charge >= 0.3 is 0 Å². The van der Waals surface area contributed by atoms with E-state index in [-0.39, 0.29) is 33.9 Å². The van der Waals surface area contributed by atoms with Crippen molar-refractivity contribution in [1.82, 2.24) is 10.3 Å². The highest BCUT2D eigenvalue weighted by atomic mass is 32.2. The third-order valence-electron chi connectivity index (χ3n) is 5.83. The van der Waals surface area contributed by atoms with Crippen molar-refractivity contribution in [2.45, 2.75) is 55.6 Å². The van der Waals surface area contributed by atoms with Gasteiger partial charge in [-0.25, -0.2) is 13.4 Å². The van der Waals surface area contributed by atoms with Crippen LogP contribution in [-0.2, 0) is 24.2 Å². The number of sulfone groups is 1. The van der Waals surface area contributed by atoms with Gasteiger partial charge in [0.15, 0.2) is 20.7 Å². The summed E-state index contributed by atoms with van der Waals surface area (Å²) in [5.41, 5.74) is 0.399. The van der Waals surface area contributed by atoms with Crippen LogP contribution in [0.5, 0.6) is 0 Å². The number of oxime groups is 1. The Bertz CT molecular complexity index is 1180. The lowest BCUT2D eigenvalue weighted by molar-refractivity contribution is -0.110. The number of benzene rings is 1. The van der Waals surface area contributed by atoms with Crippen molar-refractivity contribution in [2.75, 3.05) is 24.7 Å². The number of hydrogen-bond acceptors (Lipinski definition) is 9. The summed E-state index contributed by atoms with van der Waals surface area (Å²) >= 11 is 1.04. The Morgan fingerprint density at radius 1 is 1.17 bits per heavy atom. The van der Waals surface area contributed by atoms with Crippen molar-refractivity contribution in [3.8, 4) is 0 Å². The molecule has 1 aromatic heterocycles. The van der Waals surface area contributed by atoms with Crippen LogP contribution in [0.4, 0.5) is 5.13 Å². The number of thiazole rings is 1. The maximum atomic E-state index is 13.1. The van der Waals surface area contributed by atoms with Gasteiger partial charge in [0.25, 0.3) is 11.8 Å². The highest BCUT2D eigenvalue weighted by Gasteiger charge is 2.22. The number of rotatable bonds is 9. The lowest BCUT2D eigenvalue weighted by Gasteiger charge is -2.11.